The lowest BCUT2D eigenvalue weighted by Crippen LogP contribution is -2.12. The molecule has 144 valence electrons. The zero-order valence-corrected chi connectivity index (χ0v) is 16.7. The molecule has 5 aromatic rings. The van der Waals surface area contributed by atoms with E-state index < -0.39 is 0 Å². The van der Waals surface area contributed by atoms with Crippen LogP contribution in [0.3, 0.4) is 0 Å². The summed E-state index contributed by atoms with van der Waals surface area (Å²) in [5, 5.41) is 12.1. The molecular formula is C24H16N4OS. The van der Waals surface area contributed by atoms with E-state index in [9.17, 15) is 4.79 Å². The van der Waals surface area contributed by atoms with E-state index in [1.54, 1.807) is 17.5 Å². The molecule has 0 saturated heterocycles. The molecule has 30 heavy (non-hydrogen) atoms. The number of fused-ring (bicyclic) bond motifs is 3. The van der Waals surface area contributed by atoms with Crippen LogP contribution in [0.4, 0.5) is 5.69 Å². The van der Waals surface area contributed by atoms with E-state index in [0.29, 0.717) is 12.1 Å². The summed E-state index contributed by atoms with van der Waals surface area (Å²) in [5.74, 6) is -0.136. The van der Waals surface area contributed by atoms with E-state index >= 15 is 0 Å². The Kier molecular flexibility index (Phi) is 3.79. The van der Waals surface area contributed by atoms with Gasteiger partial charge in [0.1, 0.15) is 0 Å². The highest BCUT2D eigenvalue weighted by Gasteiger charge is 2.19. The van der Waals surface area contributed by atoms with Crippen molar-refractivity contribution in [1.82, 2.24) is 10.2 Å². The molecule has 0 unspecified atom stereocenters. The van der Waals surface area contributed by atoms with Gasteiger partial charge in [0.15, 0.2) is 0 Å². The summed E-state index contributed by atoms with van der Waals surface area (Å²) in [4.78, 5) is 18.7. The van der Waals surface area contributed by atoms with Gasteiger partial charge >= 0.3 is 0 Å². The molecule has 6 heteroatoms. The van der Waals surface area contributed by atoms with Crippen molar-refractivity contribution in [3.05, 3.63) is 83.6 Å². The number of hydrogen-bond donors (Lipinski definition) is 2. The Balaban J connectivity index is 1.40. The number of thiophene rings is 1. The highest BCUT2D eigenvalue weighted by atomic mass is 32.1. The van der Waals surface area contributed by atoms with E-state index in [1.165, 1.54) is 15.6 Å². The quantitative estimate of drug-likeness (QED) is 0.406. The standard InChI is InChI=1S/C24H16N4OS/c29-24(27-18-5-6-21-17(8-18)12-26-28-21)15-7-16-11-25-13-20(16)19(9-15)23-10-14-3-1-2-4-22(14)30-23/h1-12H,13H2,(H,26,28)(H,27,29). The van der Waals surface area contributed by atoms with Crippen LogP contribution >= 0.6 is 11.3 Å². The van der Waals surface area contributed by atoms with E-state index in [-0.39, 0.29) is 5.91 Å². The van der Waals surface area contributed by atoms with Crippen LogP contribution in [0.25, 0.3) is 31.4 Å². The summed E-state index contributed by atoms with van der Waals surface area (Å²) < 4.78 is 1.24. The predicted octanol–water partition coefficient (Wildman–Crippen LogP) is 5.63. The molecule has 6 rings (SSSR count). The Morgan fingerprint density at radius 1 is 1.03 bits per heavy atom. The van der Waals surface area contributed by atoms with Crippen LogP contribution in [0, 0.1) is 0 Å². The van der Waals surface area contributed by atoms with Crippen molar-refractivity contribution in [2.45, 2.75) is 6.54 Å². The van der Waals surface area contributed by atoms with Crippen molar-refractivity contribution in [3.8, 4) is 10.4 Å². The van der Waals surface area contributed by atoms with E-state index in [2.05, 4.69) is 44.8 Å². The molecule has 0 spiro atoms. The van der Waals surface area contributed by atoms with Crippen LogP contribution < -0.4 is 5.32 Å². The first-order valence-corrected chi connectivity index (χ1v) is 10.5. The zero-order chi connectivity index (χ0) is 20.1. The van der Waals surface area contributed by atoms with Gasteiger partial charge in [-0.3, -0.25) is 14.9 Å². The molecule has 0 fully saturated rings. The summed E-state index contributed by atoms with van der Waals surface area (Å²) in [6.07, 6.45) is 3.61. The van der Waals surface area contributed by atoms with Crippen molar-refractivity contribution in [1.29, 1.82) is 0 Å². The van der Waals surface area contributed by atoms with E-state index in [0.717, 1.165) is 32.6 Å². The molecule has 0 radical (unpaired) electrons. The maximum absolute atomic E-state index is 13.1. The van der Waals surface area contributed by atoms with Crippen LogP contribution in [0.15, 0.2) is 71.9 Å². The summed E-state index contributed by atoms with van der Waals surface area (Å²) in [5.41, 5.74) is 5.59. The first-order valence-electron chi connectivity index (χ1n) is 9.65. The number of aromatic amines is 1. The molecule has 0 aliphatic carbocycles. The second kappa shape index (κ2) is 6.64. The minimum Gasteiger partial charge on any atom is -0.322 e. The fraction of sp³-hybridized carbons (Fsp3) is 0.0417. The van der Waals surface area contributed by atoms with Gasteiger partial charge in [-0.15, -0.1) is 11.3 Å². The number of amides is 1. The first-order chi connectivity index (χ1) is 14.7. The fourth-order valence-corrected chi connectivity index (χ4v) is 5.02. The average Bonchev–Trinajstić information content (AvgIpc) is 3.50. The van der Waals surface area contributed by atoms with Gasteiger partial charge in [-0.25, -0.2) is 0 Å². The Labute approximate surface area is 176 Å². The number of anilines is 1. The summed E-state index contributed by atoms with van der Waals surface area (Å²) >= 11 is 1.75. The molecule has 1 aliphatic rings. The van der Waals surface area contributed by atoms with Crippen molar-refractivity contribution < 1.29 is 4.79 Å². The lowest BCUT2D eigenvalue weighted by Gasteiger charge is -2.11. The van der Waals surface area contributed by atoms with E-state index in [1.807, 2.05) is 42.6 Å². The van der Waals surface area contributed by atoms with Gasteiger partial charge in [0.25, 0.3) is 5.91 Å². The molecular weight excluding hydrogens is 392 g/mol. The zero-order valence-electron chi connectivity index (χ0n) is 15.8. The van der Waals surface area contributed by atoms with Crippen molar-refractivity contribution in [2.75, 3.05) is 5.32 Å². The van der Waals surface area contributed by atoms with Gasteiger partial charge in [-0.1, -0.05) is 18.2 Å². The van der Waals surface area contributed by atoms with Gasteiger partial charge in [0, 0.05) is 32.4 Å². The lowest BCUT2D eigenvalue weighted by molar-refractivity contribution is 0.102. The maximum atomic E-state index is 13.1. The fourth-order valence-electron chi connectivity index (χ4n) is 3.91. The van der Waals surface area contributed by atoms with Crippen LogP contribution in [0.2, 0.25) is 0 Å². The molecule has 1 aliphatic heterocycles. The molecule has 1 amide bonds. The first kappa shape index (κ1) is 17.1. The Morgan fingerprint density at radius 2 is 1.97 bits per heavy atom. The van der Waals surface area contributed by atoms with Crippen LogP contribution in [0.5, 0.6) is 0 Å². The van der Waals surface area contributed by atoms with Crippen molar-refractivity contribution >= 4 is 50.1 Å². The normalized spacial score (nSPS) is 12.5. The number of benzene rings is 3. The van der Waals surface area contributed by atoms with Gasteiger partial charge in [0.05, 0.1) is 18.3 Å². The van der Waals surface area contributed by atoms with Crippen LogP contribution in [-0.4, -0.2) is 22.3 Å². The molecule has 3 heterocycles. The lowest BCUT2D eigenvalue weighted by atomic mass is 9.97. The number of nitrogens with zero attached hydrogens (tertiary/aromatic N) is 2. The number of carbonyl (C=O) groups is 1. The highest BCUT2D eigenvalue weighted by molar-refractivity contribution is 7.22. The molecule has 2 N–H and O–H groups in total. The number of nitrogens with one attached hydrogen (secondary N) is 2. The number of H-pyrrole nitrogens is 1. The van der Waals surface area contributed by atoms with Gasteiger partial charge in [-0.2, -0.15) is 5.10 Å². The van der Waals surface area contributed by atoms with Gasteiger partial charge in [0.2, 0.25) is 0 Å². The predicted molar refractivity (Wildman–Crippen MR) is 123 cm³/mol. The third-order valence-electron chi connectivity index (χ3n) is 5.42. The van der Waals surface area contributed by atoms with E-state index in [4.69, 9.17) is 0 Å². The monoisotopic (exact) mass is 408 g/mol. The minimum absolute atomic E-state index is 0.136. The smallest absolute Gasteiger partial charge is 0.255 e. The Bertz CT molecular complexity index is 1440. The Morgan fingerprint density at radius 3 is 2.90 bits per heavy atom. The average molecular weight is 408 g/mol. The second-order valence-electron chi connectivity index (χ2n) is 7.34. The van der Waals surface area contributed by atoms with Crippen LogP contribution in [0.1, 0.15) is 21.5 Å². The molecule has 0 atom stereocenters. The van der Waals surface area contributed by atoms with Crippen LogP contribution in [-0.2, 0) is 6.54 Å². The molecule has 0 saturated carbocycles. The van der Waals surface area contributed by atoms with Crippen molar-refractivity contribution in [3.63, 3.8) is 0 Å². The third kappa shape index (κ3) is 2.81. The SMILES string of the molecule is O=C(Nc1ccc2[nH]ncc2c1)c1cc2c(c(-c3cc4ccccc4s3)c1)CN=C2. The summed E-state index contributed by atoms with van der Waals surface area (Å²) in [6.45, 7) is 0.651. The topological polar surface area (TPSA) is 70.1 Å². The maximum Gasteiger partial charge on any atom is 0.255 e. The number of aliphatic imine (C=N–C) groups is 1. The highest BCUT2D eigenvalue weighted by Crippen LogP contribution is 2.38. The summed E-state index contributed by atoms with van der Waals surface area (Å²) in [6, 6.07) is 20.2. The molecule has 2 aromatic heterocycles. The summed E-state index contributed by atoms with van der Waals surface area (Å²) in [7, 11) is 0. The largest absolute Gasteiger partial charge is 0.322 e. The Hall–Kier alpha value is -3.77. The van der Waals surface area contributed by atoms with Crippen molar-refractivity contribution in [2.24, 2.45) is 4.99 Å². The number of rotatable bonds is 3. The third-order valence-corrected chi connectivity index (χ3v) is 6.56. The minimum atomic E-state index is -0.136. The number of hydrogen-bond acceptors (Lipinski definition) is 4. The van der Waals surface area contributed by atoms with Gasteiger partial charge in [-0.05, 0) is 64.5 Å². The number of aromatic nitrogens is 2. The van der Waals surface area contributed by atoms with Gasteiger partial charge < -0.3 is 5.32 Å². The molecule has 3 aromatic carbocycles. The number of carbonyl (C=O) groups excluding carboxylic acids is 1. The second-order valence-corrected chi connectivity index (χ2v) is 8.42. The molecule has 5 nitrogen and oxygen atoms in total. The molecule has 0 bridgehead atoms.